The molecule has 0 amide bonds. The lowest BCUT2D eigenvalue weighted by atomic mass is 10.0. The van der Waals surface area contributed by atoms with Gasteiger partial charge in [0.05, 0.1) is 6.61 Å². The summed E-state index contributed by atoms with van der Waals surface area (Å²) < 4.78 is 10.3. The van der Waals surface area contributed by atoms with Crippen LogP contribution < -0.4 is 4.74 Å². The van der Waals surface area contributed by atoms with E-state index in [1.807, 2.05) is 12.1 Å². The van der Waals surface area contributed by atoms with Crippen molar-refractivity contribution in [3.05, 3.63) is 42.0 Å². The van der Waals surface area contributed by atoms with Gasteiger partial charge in [0.25, 0.3) is 0 Å². The zero-order valence-corrected chi connectivity index (χ0v) is 20.6. The molecule has 0 saturated heterocycles. The Hall–Kier alpha value is -2.10. The van der Waals surface area contributed by atoms with E-state index in [-0.39, 0.29) is 0 Å². The third kappa shape index (κ3) is 14.8. The van der Waals surface area contributed by atoms with Crippen molar-refractivity contribution in [2.45, 2.75) is 110 Å². The van der Waals surface area contributed by atoms with Gasteiger partial charge in [0, 0.05) is 12.2 Å². The van der Waals surface area contributed by atoms with E-state index in [1.165, 1.54) is 76.2 Å². The highest BCUT2D eigenvalue weighted by molar-refractivity contribution is 5.92. The Kier molecular flexibility index (Phi) is 16.1. The van der Waals surface area contributed by atoms with Crippen LogP contribution in [0.3, 0.4) is 0 Å². The number of hydrogen-bond acceptors (Lipinski definition) is 4. The Labute approximate surface area is 195 Å². The molecule has 1 rings (SSSR count). The molecule has 4 heteroatoms. The first-order valence-electron chi connectivity index (χ1n) is 12.7. The van der Waals surface area contributed by atoms with E-state index in [0.717, 1.165) is 25.0 Å². The van der Waals surface area contributed by atoms with Gasteiger partial charge in [0.15, 0.2) is 0 Å². The summed E-state index contributed by atoms with van der Waals surface area (Å²) in [5.74, 6) is -0.204. The van der Waals surface area contributed by atoms with E-state index >= 15 is 0 Å². The highest BCUT2D eigenvalue weighted by Crippen LogP contribution is 2.18. The lowest BCUT2D eigenvalue weighted by molar-refractivity contribution is -0.138. The van der Waals surface area contributed by atoms with Gasteiger partial charge in [-0.2, -0.15) is 0 Å². The molecule has 0 unspecified atom stereocenters. The maximum atomic E-state index is 11.8. The number of carbonyl (C=O) groups excluding carboxylic acids is 2. The maximum Gasteiger partial charge on any atom is 0.336 e. The van der Waals surface area contributed by atoms with Crippen molar-refractivity contribution in [3.8, 4) is 5.75 Å². The van der Waals surface area contributed by atoms with Crippen LogP contribution in [0.4, 0.5) is 0 Å². The molecule has 0 spiro atoms. The number of benzene rings is 1. The van der Waals surface area contributed by atoms with E-state index in [9.17, 15) is 9.59 Å². The number of rotatable bonds is 18. The monoisotopic (exact) mass is 444 g/mol. The summed E-state index contributed by atoms with van der Waals surface area (Å²) in [6, 6.07) is 7.38. The second-order valence-corrected chi connectivity index (χ2v) is 8.89. The summed E-state index contributed by atoms with van der Waals surface area (Å²) in [6.07, 6.45) is 18.9. The zero-order chi connectivity index (χ0) is 23.4. The quantitative estimate of drug-likeness (QED) is 0.0999. The van der Waals surface area contributed by atoms with E-state index in [0.29, 0.717) is 18.3 Å². The molecular weight excluding hydrogens is 400 g/mol. The molecule has 0 N–H and O–H groups in total. The van der Waals surface area contributed by atoms with Crippen LogP contribution >= 0.6 is 0 Å². The Bertz CT molecular complexity index is 646. The molecule has 32 heavy (non-hydrogen) atoms. The summed E-state index contributed by atoms with van der Waals surface area (Å²) in [7, 11) is 0. The normalized spacial score (nSPS) is 11.2. The molecular formula is C28H44O4. The molecule has 0 aliphatic rings. The van der Waals surface area contributed by atoms with Crippen LogP contribution in [0.2, 0.25) is 0 Å². The van der Waals surface area contributed by atoms with Gasteiger partial charge in [-0.05, 0) is 30.0 Å². The van der Waals surface area contributed by atoms with Crippen LogP contribution in [0, 0.1) is 0 Å². The summed E-state index contributed by atoms with van der Waals surface area (Å²) in [4.78, 5) is 23.5. The second-order valence-electron chi connectivity index (χ2n) is 8.89. The van der Waals surface area contributed by atoms with Gasteiger partial charge in [-0.1, -0.05) is 110 Å². The van der Waals surface area contributed by atoms with Gasteiger partial charge >= 0.3 is 11.9 Å². The molecule has 180 valence electrons. The van der Waals surface area contributed by atoms with Crippen LogP contribution in [0.15, 0.2) is 36.4 Å². The summed E-state index contributed by atoms with van der Waals surface area (Å²) in [5.41, 5.74) is 1.18. The molecule has 0 saturated carbocycles. The van der Waals surface area contributed by atoms with Gasteiger partial charge in [0.2, 0.25) is 0 Å². The van der Waals surface area contributed by atoms with Gasteiger partial charge in [-0.25, -0.2) is 9.59 Å². The Balaban J connectivity index is 1.98. The minimum absolute atomic E-state index is 0.395. The Morgan fingerprint density at radius 3 is 1.69 bits per heavy atom. The highest BCUT2D eigenvalue weighted by atomic mass is 16.5. The summed E-state index contributed by atoms with van der Waals surface area (Å²) in [6.45, 7) is 6.86. The Morgan fingerprint density at radius 1 is 0.719 bits per heavy atom. The van der Waals surface area contributed by atoms with Gasteiger partial charge in [0.1, 0.15) is 5.75 Å². The predicted molar refractivity (Wildman–Crippen MR) is 132 cm³/mol. The molecule has 4 nitrogen and oxygen atoms in total. The van der Waals surface area contributed by atoms with E-state index in [1.54, 1.807) is 12.1 Å². The van der Waals surface area contributed by atoms with Crippen molar-refractivity contribution in [2.75, 3.05) is 6.61 Å². The first-order valence-corrected chi connectivity index (χ1v) is 12.7. The predicted octanol–water partition coefficient (Wildman–Crippen LogP) is 7.91. The fourth-order valence-electron chi connectivity index (χ4n) is 3.55. The molecule has 0 aliphatic heterocycles. The number of carbonyl (C=O) groups is 2. The fourth-order valence-corrected chi connectivity index (χ4v) is 3.55. The molecule has 1 aromatic carbocycles. The van der Waals surface area contributed by atoms with E-state index in [2.05, 4.69) is 20.8 Å². The van der Waals surface area contributed by atoms with Gasteiger partial charge < -0.3 is 9.47 Å². The van der Waals surface area contributed by atoms with Crippen molar-refractivity contribution >= 4 is 11.9 Å². The first-order chi connectivity index (χ1) is 15.5. The highest BCUT2D eigenvalue weighted by Gasteiger charge is 2.04. The number of unbranched alkanes of at least 4 members (excludes halogenated alkanes) is 12. The maximum absolute atomic E-state index is 11.8. The van der Waals surface area contributed by atoms with Crippen LogP contribution in [-0.2, 0) is 14.3 Å². The van der Waals surface area contributed by atoms with E-state index in [4.69, 9.17) is 9.47 Å². The lowest BCUT2D eigenvalue weighted by Crippen LogP contribution is -2.07. The molecule has 0 fully saturated rings. The molecule has 0 bridgehead atoms. The second kappa shape index (κ2) is 18.5. The van der Waals surface area contributed by atoms with Gasteiger partial charge in [-0.15, -0.1) is 0 Å². The molecule has 0 heterocycles. The number of ether oxygens (including phenoxy) is 2. The summed E-state index contributed by atoms with van der Waals surface area (Å²) in [5, 5.41) is 0. The largest absolute Gasteiger partial charge is 0.463 e. The SMILES string of the molecule is CCCCCCCCCCCCCCCOC(=O)/C=C/C(=O)Oc1ccc(C(C)C)cc1. The average molecular weight is 445 g/mol. The lowest BCUT2D eigenvalue weighted by Gasteiger charge is -2.06. The van der Waals surface area contributed by atoms with Crippen molar-refractivity contribution in [2.24, 2.45) is 0 Å². The topological polar surface area (TPSA) is 52.6 Å². The summed E-state index contributed by atoms with van der Waals surface area (Å²) >= 11 is 0. The Morgan fingerprint density at radius 2 is 1.19 bits per heavy atom. The number of hydrogen-bond donors (Lipinski definition) is 0. The number of esters is 2. The molecule has 0 aromatic heterocycles. The van der Waals surface area contributed by atoms with Crippen molar-refractivity contribution in [3.63, 3.8) is 0 Å². The zero-order valence-electron chi connectivity index (χ0n) is 20.6. The smallest absolute Gasteiger partial charge is 0.336 e. The molecule has 0 aliphatic carbocycles. The third-order valence-electron chi connectivity index (χ3n) is 5.61. The average Bonchev–Trinajstić information content (AvgIpc) is 2.78. The van der Waals surface area contributed by atoms with Crippen molar-refractivity contribution in [1.29, 1.82) is 0 Å². The fraction of sp³-hybridized carbons (Fsp3) is 0.643. The van der Waals surface area contributed by atoms with Crippen LogP contribution in [0.25, 0.3) is 0 Å². The minimum Gasteiger partial charge on any atom is -0.463 e. The molecule has 1 aromatic rings. The first kappa shape index (κ1) is 27.9. The van der Waals surface area contributed by atoms with Crippen LogP contribution in [0.5, 0.6) is 5.75 Å². The third-order valence-corrected chi connectivity index (χ3v) is 5.61. The standard InChI is InChI=1S/C28H44O4/c1-4-5-6-7-8-9-10-11-12-13-14-15-16-23-31-27(29)21-22-28(30)32-26-19-17-25(18-20-26)24(2)3/h17-22,24H,4-16,23H2,1-3H3/b22-21+. The molecule has 0 atom stereocenters. The van der Waals surface area contributed by atoms with Crippen molar-refractivity contribution < 1.29 is 19.1 Å². The van der Waals surface area contributed by atoms with Crippen LogP contribution in [-0.4, -0.2) is 18.5 Å². The molecule has 0 radical (unpaired) electrons. The van der Waals surface area contributed by atoms with Crippen LogP contribution in [0.1, 0.15) is 116 Å². The van der Waals surface area contributed by atoms with Crippen molar-refractivity contribution in [1.82, 2.24) is 0 Å². The van der Waals surface area contributed by atoms with E-state index < -0.39 is 11.9 Å². The van der Waals surface area contributed by atoms with Gasteiger partial charge in [-0.3, -0.25) is 0 Å². The minimum atomic E-state index is -0.583.